The van der Waals surface area contributed by atoms with E-state index in [0.717, 1.165) is 24.2 Å². The van der Waals surface area contributed by atoms with Crippen molar-refractivity contribution in [2.75, 3.05) is 39.3 Å². The van der Waals surface area contributed by atoms with Crippen LogP contribution < -0.4 is 0 Å². The molecule has 2 saturated heterocycles. The van der Waals surface area contributed by atoms with Crippen molar-refractivity contribution < 1.29 is 14.0 Å². The number of likely N-dealkylation sites (tertiary alicyclic amines) is 1. The Bertz CT molecular complexity index is 1320. The Kier molecular flexibility index (Phi) is 5.35. The molecule has 4 heterocycles. The van der Waals surface area contributed by atoms with Crippen molar-refractivity contribution in [3.8, 4) is 11.5 Å². The first-order valence-corrected chi connectivity index (χ1v) is 12.3. The number of thiazole rings is 1. The van der Waals surface area contributed by atoms with Crippen LogP contribution in [0, 0.1) is 0 Å². The van der Waals surface area contributed by atoms with Gasteiger partial charge in [0.15, 0.2) is 5.58 Å². The summed E-state index contributed by atoms with van der Waals surface area (Å²) in [5, 5.41) is 1.79. The van der Waals surface area contributed by atoms with Crippen molar-refractivity contribution in [1.29, 1.82) is 0 Å². The molecule has 8 nitrogen and oxygen atoms in total. The van der Waals surface area contributed by atoms with Gasteiger partial charge < -0.3 is 14.2 Å². The van der Waals surface area contributed by atoms with Crippen LogP contribution in [-0.4, -0.2) is 81.8 Å². The third-order valence-corrected chi connectivity index (χ3v) is 7.16. The molecule has 2 aromatic carbocycles. The predicted octanol–water partition coefficient (Wildman–Crippen LogP) is 3.23. The van der Waals surface area contributed by atoms with Gasteiger partial charge in [0.2, 0.25) is 5.89 Å². The molecule has 4 aromatic rings. The molecule has 2 amide bonds. The molecule has 0 spiro atoms. The summed E-state index contributed by atoms with van der Waals surface area (Å²) >= 11 is 1.44. The number of benzene rings is 2. The van der Waals surface area contributed by atoms with Crippen LogP contribution in [0.3, 0.4) is 0 Å². The molecule has 2 aromatic heterocycles. The maximum atomic E-state index is 13.0. The summed E-state index contributed by atoms with van der Waals surface area (Å²) in [5.41, 5.74) is 5.08. The summed E-state index contributed by atoms with van der Waals surface area (Å²) < 4.78 is 5.92. The molecule has 0 bridgehead atoms. The standard InChI is InChI=1S/C25H23N5O3S/c31-24(18-6-7-20-22(12-18)33-23(27-20)17-4-2-1-3-5-17)30-13-19(14-30)28-8-10-29(11-9-28)25(32)21-15-34-16-26-21/h1-7,12,15-16,19H,8-11,13-14H2. The zero-order valence-electron chi connectivity index (χ0n) is 18.5. The molecule has 6 rings (SSSR count). The van der Waals surface area contributed by atoms with Crippen molar-refractivity contribution in [3.05, 3.63) is 70.7 Å². The number of piperazine rings is 1. The maximum Gasteiger partial charge on any atom is 0.273 e. The van der Waals surface area contributed by atoms with E-state index in [1.807, 2.05) is 52.3 Å². The van der Waals surface area contributed by atoms with Crippen molar-refractivity contribution in [2.45, 2.75) is 6.04 Å². The first-order chi connectivity index (χ1) is 16.7. The molecular formula is C25H23N5O3S. The zero-order valence-corrected chi connectivity index (χ0v) is 19.3. The largest absolute Gasteiger partial charge is 0.436 e. The van der Waals surface area contributed by atoms with Crippen LogP contribution in [0.5, 0.6) is 0 Å². The van der Waals surface area contributed by atoms with Crippen molar-refractivity contribution in [3.63, 3.8) is 0 Å². The van der Waals surface area contributed by atoms with Gasteiger partial charge in [0.1, 0.15) is 11.2 Å². The fourth-order valence-corrected chi connectivity index (χ4v) is 5.09. The molecule has 2 aliphatic rings. The number of fused-ring (bicyclic) bond motifs is 1. The minimum atomic E-state index is 0.00421. The van der Waals surface area contributed by atoms with E-state index in [1.54, 1.807) is 17.0 Å². The average Bonchev–Trinajstić information content (AvgIpc) is 3.53. The quantitative estimate of drug-likeness (QED) is 0.453. The smallest absolute Gasteiger partial charge is 0.273 e. The third-order valence-electron chi connectivity index (χ3n) is 6.57. The lowest BCUT2D eigenvalue weighted by Crippen LogP contribution is -2.64. The van der Waals surface area contributed by atoms with Crippen molar-refractivity contribution in [2.24, 2.45) is 0 Å². The van der Waals surface area contributed by atoms with Crippen LogP contribution in [-0.2, 0) is 0 Å². The van der Waals surface area contributed by atoms with Crippen LogP contribution in [0.2, 0.25) is 0 Å². The topological polar surface area (TPSA) is 82.8 Å². The zero-order chi connectivity index (χ0) is 23.1. The molecule has 172 valence electrons. The number of carbonyl (C=O) groups excluding carboxylic acids is 2. The molecule has 2 fully saturated rings. The summed E-state index contributed by atoms with van der Waals surface area (Å²) in [7, 11) is 0. The Morgan fingerprint density at radius 3 is 2.47 bits per heavy atom. The number of nitrogens with zero attached hydrogens (tertiary/aromatic N) is 5. The molecule has 9 heteroatoms. The Morgan fingerprint density at radius 1 is 0.941 bits per heavy atom. The third kappa shape index (κ3) is 3.86. The molecule has 0 radical (unpaired) electrons. The first kappa shape index (κ1) is 21.0. The first-order valence-electron chi connectivity index (χ1n) is 11.3. The number of amides is 2. The Labute approximate surface area is 200 Å². The van der Waals surface area contributed by atoms with Gasteiger partial charge in [-0.05, 0) is 30.3 Å². The number of hydrogen-bond donors (Lipinski definition) is 0. The molecule has 0 unspecified atom stereocenters. The number of oxazole rings is 1. The normalized spacial score (nSPS) is 17.2. The van der Waals surface area contributed by atoms with Gasteiger partial charge in [-0.25, -0.2) is 9.97 Å². The lowest BCUT2D eigenvalue weighted by atomic mass is 10.0. The Hall–Kier alpha value is -3.56. The SMILES string of the molecule is O=C(c1ccc2nc(-c3ccccc3)oc2c1)N1CC(N2CCN(C(=O)c3cscn3)CC2)C1. The second kappa shape index (κ2) is 8.66. The Morgan fingerprint density at radius 2 is 1.74 bits per heavy atom. The van der Waals surface area contributed by atoms with Crippen LogP contribution >= 0.6 is 11.3 Å². The van der Waals surface area contributed by atoms with E-state index in [1.165, 1.54) is 11.3 Å². The van der Waals surface area contributed by atoms with Gasteiger partial charge in [0, 0.05) is 61.8 Å². The predicted molar refractivity (Wildman–Crippen MR) is 129 cm³/mol. The van der Waals surface area contributed by atoms with Crippen molar-refractivity contribution >= 4 is 34.3 Å². The van der Waals surface area contributed by atoms with E-state index >= 15 is 0 Å². The Balaban J connectivity index is 1.06. The van der Waals surface area contributed by atoms with Gasteiger partial charge >= 0.3 is 0 Å². The second-order valence-electron chi connectivity index (χ2n) is 8.63. The molecule has 0 atom stereocenters. The molecule has 2 aliphatic heterocycles. The monoisotopic (exact) mass is 473 g/mol. The molecule has 34 heavy (non-hydrogen) atoms. The molecule has 0 N–H and O–H groups in total. The van der Waals surface area contributed by atoms with Crippen molar-refractivity contribution in [1.82, 2.24) is 24.7 Å². The van der Waals surface area contributed by atoms with Gasteiger partial charge in [-0.15, -0.1) is 11.3 Å². The molecule has 0 aliphatic carbocycles. The summed E-state index contributed by atoms with van der Waals surface area (Å²) in [6.45, 7) is 4.40. The highest BCUT2D eigenvalue weighted by Crippen LogP contribution is 2.26. The summed E-state index contributed by atoms with van der Waals surface area (Å²) in [6, 6.07) is 15.5. The van der Waals surface area contributed by atoms with E-state index in [4.69, 9.17) is 4.42 Å². The highest BCUT2D eigenvalue weighted by molar-refractivity contribution is 7.07. The fourth-order valence-electron chi connectivity index (χ4n) is 4.57. The van der Waals surface area contributed by atoms with E-state index < -0.39 is 0 Å². The number of aromatic nitrogens is 2. The van der Waals surface area contributed by atoms with Gasteiger partial charge in [-0.3, -0.25) is 14.5 Å². The minimum Gasteiger partial charge on any atom is -0.436 e. The number of hydrogen-bond acceptors (Lipinski definition) is 7. The lowest BCUT2D eigenvalue weighted by Gasteiger charge is -2.48. The molecule has 0 saturated carbocycles. The number of carbonyl (C=O) groups is 2. The maximum absolute atomic E-state index is 13.0. The van der Waals surface area contributed by atoms with Crippen LogP contribution in [0.25, 0.3) is 22.6 Å². The van der Waals surface area contributed by atoms with Crippen LogP contribution in [0.15, 0.2) is 63.8 Å². The van der Waals surface area contributed by atoms with E-state index in [0.29, 0.717) is 55.0 Å². The van der Waals surface area contributed by atoms with E-state index in [9.17, 15) is 9.59 Å². The average molecular weight is 474 g/mol. The highest BCUT2D eigenvalue weighted by atomic mass is 32.1. The second-order valence-corrected chi connectivity index (χ2v) is 9.35. The minimum absolute atomic E-state index is 0.00421. The summed E-state index contributed by atoms with van der Waals surface area (Å²) in [4.78, 5) is 40.3. The van der Waals surface area contributed by atoms with Gasteiger partial charge in [0.25, 0.3) is 11.8 Å². The van der Waals surface area contributed by atoms with E-state index in [-0.39, 0.29) is 11.8 Å². The van der Waals surface area contributed by atoms with Gasteiger partial charge in [-0.2, -0.15) is 0 Å². The van der Waals surface area contributed by atoms with E-state index in [2.05, 4.69) is 14.9 Å². The summed E-state index contributed by atoms with van der Waals surface area (Å²) in [6.07, 6.45) is 0. The van der Waals surface area contributed by atoms with Gasteiger partial charge in [0.05, 0.1) is 5.51 Å². The van der Waals surface area contributed by atoms with Gasteiger partial charge in [-0.1, -0.05) is 18.2 Å². The summed E-state index contributed by atoms with van der Waals surface area (Å²) in [5.74, 6) is 0.564. The number of rotatable bonds is 4. The van der Waals surface area contributed by atoms with Crippen LogP contribution in [0.4, 0.5) is 0 Å². The fraction of sp³-hybridized carbons (Fsp3) is 0.280. The lowest BCUT2D eigenvalue weighted by molar-refractivity contribution is 0.00844. The van der Waals surface area contributed by atoms with Crippen LogP contribution in [0.1, 0.15) is 20.8 Å². The molecular weight excluding hydrogens is 450 g/mol. The highest BCUT2D eigenvalue weighted by Gasteiger charge is 2.37.